The van der Waals surface area contributed by atoms with E-state index in [1.165, 1.54) is 25.7 Å². The molecule has 100 valence electrons. The molecule has 0 N–H and O–H groups in total. The predicted octanol–water partition coefficient (Wildman–Crippen LogP) is 3.17. The highest BCUT2D eigenvalue weighted by Gasteiger charge is 2.27. The molecule has 3 rings (SSSR count). The standard InChI is InChI=1S/C14H17BrN4/c1-19(13-9-5-2-6-10(13)15)14-16-11-7-3-4-8-12(11)17-18-14/h3-4,7-8,10,13H,2,5-6,9H2,1H3. The van der Waals surface area contributed by atoms with Crippen molar-refractivity contribution in [1.82, 2.24) is 15.2 Å². The van der Waals surface area contributed by atoms with Crippen LogP contribution in [0.3, 0.4) is 0 Å². The Morgan fingerprint density at radius 1 is 1.11 bits per heavy atom. The highest BCUT2D eigenvalue weighted by atomic mass is 79.9. The van der Waals surface area contributed by atoms with E-state index in [9.17, 15) is 0 Å². The number of halogens is 1. The number of hydrogen-bond donors (Lipinski definition) is 0. The van der Waals surface area contributed by atoms with Crippen LogP contribution in [-0.2, 0) is 0 Å². The first-order valence-electron chi connectivity index (χ1n) is 6.72. The Bertz CT molecular complexity index is 574. The maximum absolute atomic E-state index is 4.62. The molecule has 0 saturated heterocycles. The lowest BCUT2D eigenvalue weighted by Crippen LogP contribution is -2.41. The van der Waals surface area contributed by atoms with E-state index in [1.54, 1.807) is 0 Å². The van der Waals surface area contributed by atoms with Crippen LogP contribution in [0.5, 0.6) is 0 Å². The van der Waals surface area contributed by atoms with Gasteiger partial charge in [0.15, 0.2) is 0 Å². The fourth-order valence-electron chi connectivity index (χ4n) is 2.67. The molecule has 2 atom stereocenters. The van der Waals surface area contributed by atoms with E-state index < -0.39 is 0 Å². The average molecular weight is 321 g/mol. The second-order valence-electron chi connectivity index (χ2n) is 5.08. The number of aromatic nitrogens is 3. The third-order valence-electron chi connectivity index (χ3n) is 3.81. The molecule has 1 aromatic carbocycles. The summed E-state index contributed by atoms with van der Waals surface area (Å²) in [7, 11) is 2.07. The smallest absolute Gasteiger partial charge is 0.245 e. The lowest BCUT2D eigenvalue weighted by molar-refractivity contribution is 0.439. The van der Waals surface area contributed by atoms with Gasteiger partial charge in [-0.25, -0.2) is 4.98 Å². The number of benzene rings is 1. The first-order chi connectivity index (χ1) is 9.25. The Morgan fingerprint density at radius 3 is 2.63 bits per heavy atom. The number of rotatable bonds is 2. The molecular weight excluding hydrogens is 304 g/mol. The normalized spacial score (nSPS) is 23.5. The van der Waals surface area contributed by atoms with Gasteiger partial charge in [-0.05, 0) is 25.0 Å². The van der Waals surface area contributed by atoms with Crippen LogP contribution in [0, 0.1) is 0 Å². The molecule has 1 aromatic heterocycles. The minimum Gasteiger partial charge on any atom is -0.338 e. The molecule has 1 aliphatic rings. The van der Waals surface area contributed by atoms with E-state index in [0.717, 1.165) is 17.0 Å². The summed E-state index contributed by atoms with van der Waals surface area (Å²) in [5.74, 6) is 0.718. The topological polar surface area (TPSA) is 41.9 Å². The molecule has 0 bridgehead atoms. The molecule has 5 heteroatoms. The summed E-state index contributed by atoms with van der Waals surface area (Å²) >= 11 is 3.78. The number of para-hydroxylation sites is 1. The van der Waals surface area contributed by atoms with Crippen LogP contribution in [0.2, 0.25) is 0 Å². The van der Waals surface area contributed by atoms with E-state index in [4.69, 9.17) is 0 Å². The zero-order valence-electron chi connectivity index (χ0n) is 11.0. The van der Waals surface area contributed by atoms with Crippen molar-refractivity contribution in [2.45, 2.75) is 36.6 Å². The van der Waals surface area contributed by atoms with E-state index >= 15 is 0 Å². The van der Waals surface area contributed by atoms with Crippen molar-refractivity contribution in [3.05, 3.63) is 24.3 Å². The number of anilines is 1. The molecule has 19 heavy (non-hydrogen) atoms. The Balaban J connectivity index is 1.90. The third-order valence-corrected chi connectivity index (χ3v) is 4.88. The Morgan fingerprint density at radius 2 is 1.84 bits per heavy atom. The van der Waals surface area contributed by atoms with Gasteiger partial charge in [0.05, 0.1) is 5.52 Å². The molecule has 0 spiro atoms. The van der Waals surface area contributed by atoms with E-state index in [0.29, 0.717) is 10.9 Å². The molecule has 0 aliphatic heterocycles. The second kappa shape index (κ2) is 5.41. The second-order valence-corrected chi connectivity index (χ2v) is 6.26. The summed E-state index contributed by atoms with van der Waals surface area (Å²) in [4.78, 5) is 7.30. The van der Waals surface area contributed by atoms with Crippen LogP contribution >= 0.6 is 15.9 Å². The maximum atomic E-state index is 4.62. The first-order valence-corrected chi connectivity index (χ1v) is 7.63. The van der Waals surface area contributed by atoms with Gasteiger partial charge < -0.3 is 4.90 Å². The van der Waals surface area contributed by atoms with Gasteiger partial charge in [0.2, 0.25) is 5.95 Å². The molecule has 2 aromatic rings. The van der Waals surface area contributed by atoms with E-state index in [2.05, 4.69) is 43.1 Å². The SMILES string of the molecule is CN(c1nnc2ccccc2n1)C1CCCCC1Br. The highest BCUT2D eigenvalue weighted by molar-refractivity contribution is 9.09. The number of nitrogens with zero attached hydrogens (tertiary/aromatic N) is 4. The van der Waals surface area contributed by atoms with Gasteiger partial charge in [-0.2, -0.15) is 0 Å². The molecule has 4 nitrogen and oxygen atoms in total. The summed E-state index contributed by atoms with van der Waals surface area (Å²) in [6, 6.07) is 8.31. The van der Waals surface area contributed by atoms with E-state index in [-0.39, 0.29) is 0 Å². The van der Waals surface area contributed by atoms with Crippen molar-refractivity contribution >= 4 is 32.9 Å². The minimum absolute atomic E-state index is 0.455. The predicted molar refractivity (Wildman–Crippen MR) is 80.7 cm³/mol. The van der Waals surface area contributed by atoms with Crippen molar-refractivity contribution in [3.8, 4) is 0 Å². The number of alkyl halides is 1. The third kappa shape index (κ3) is 2.56. The van der Waals surface area contributed by atoms with Crippen molar-refractivity contribution in [2.75, 3.05) is 11.9 Å². The monoisotopic (exact) mass is 320 g/mol. The molecule has 1 fully saturated rings. The summed E-state index contributed by atoms with van der Waals surface area (Å²) in [5.41, 5.74) is 1.75. The summed E-state index contributed by atoms with van der Waals surface area (Å²) in [5, 5.41) is 8.51. The Labute approximate surface area is 121 Å². The van der Waals surface area contributed by atoms with Crippen molar-refractivity contribution in [1.29, 1.82) is 0 Å². The fraction of sp³-hybridized carbons (Fsp3) is 0.500. The van der Waals surface area contributed by atoms with Gasteiger partial charge in [0, 0.05) is 17.9 Å². The largest absolute Gasteiger partial charge is 0.338 e. The van der Waals surface area contributed by atoms with Crippen LogP contribution in [0.4, 0.5) is 5.95 Å². The molecule has 2 unspecified atom stereocenters. The lowest BCUT2D eigenvalue weighted by atomic mass is 9.94. The van der Waals surface area contributed by atoms with Crippen LogP contribution in [0.1, 0.15) is 25.7 Å². The van der Waals surface area contributed by atoms with Gasteiger partial charge in [-0.1, -0.05) is 40.9 Å². The lowest BCUT2D eigenvalue weighted by Gasteiger charge is -2.34. The molecule has 1 heterocycles. The van der Waals surface area contributed by atoms with Gasteiger partial charge in [0.25, 0.3) is 0 Å². The highest BCUT2D eigenvalue weighted by Crippen LogP contribution is 2.29. The quantitative estimate of drug-likeness (QED) is 0.797. The summed E-state index contributed by atoms with van der Waals surface area (Å²) in [6.45, 7) is 0. The number of fused-ring (bicyclic) bond motifs is 1. The first kappa shape index (κ1) is 12.8. The fourth-order valence-corrected chi connectivity index (χ4v) is 3.61. The van der Waals surface area contributed by atoms with Gasteiger partial charge in [-0.3, -0.25) is 0 Å². The van der Waals surface area contributed by atoms with Crippen LogP contribution in [-0.4, -0.2) is 33.1 Å². The van der Waals surface area contributed by atoms with Gasteiger partial charge in [0.1, 0.15) is 5.52 Å². The number of hydrogen-bond acceptors (Lipinski definition) is 4. The van der Waals surface area contributed by atoms with Crippen molar-refractivity contribution in [2.24, 2.45) is 0 Å². The molecule has 1 saturated carbocycles. The summed E-state index contributed by atoms with van der Waals surface area (Å²) in [6.07, 6.45) is 4.98. The zero-order valence-corrected chi connectivity index (χ0v) is 12.5. The van der Waals surface area contributed by atoms with Crippen molar-refractivity contribution < 1.29 is 0 Å². The molecule has 1 aliphatic carbocycles. The molecule has 0 radical (unpaired) electrons. The summed E-state index contributed by atoms with van der Waals surface area (Å²) < 4.78 is 0. The van der Waals surface area contributed by atoms with Crippen LogP contribution in [0.15, 0.2) is 24.3 Å². The van der Waals surface area contributed by atoms with Gasteiger partial charge in [-0.15, -0.1) is 10.2 Å². The Kier molecular flexibility index (Phi) is 3.64. The molecule has 0 amide bonds. The minimum atomic E-state index is 0.455. The van der Waals surface area contributed by atoms with Gasteiger partial charge >= 0.3 is 0 Å². The van der Waals surface area contributed by atoms with Crippen LogP contribution in [0.25, 0.3) is 11.0 Å². The van der Waals surface area contributed by atoms with Crippen LogP contribution < -0.4 is 4.90 Å². The van der Waals surface area contributed by atoms with Crippen molar-refractivity contribution in [3.63, 3.8) is 0 Å². The maximum Gasteiger partial charge on any atom is 0.245 e. The Hall–Kier alpha value is -1.23. The average Bonchev–Trinajstić information content (AvgIpc) is 2.46. The van der Waals surface area contributed by atoms with E-state index in [1.807, 2.05) is 24.3 Å². The zero-order chi connectivity index (χ0) is 13.2. The molecular formula is C14H17BrN4.